The zero-order chi connectivity index (χ0) is 17.2. The summed E-state index contributed by atoms with van der Waals surface area (Å²) in [5.74, 6) is 0.879. The zero-order valence-corrected chi connectivity index (χ0v) is 14.2. The number of aromatic nitrogens is 2. The lowest BCUT2D eigenvalue weighted by atomic mass is 9.89. The summed E-state index contributed by atoms with van der Waals surface area (Å²) in [4.78, 5) is 22.2. The van der Waals surface area contributed by atoms with Gasteiger partial charge in [-0.05, 0) is 42.5 Å². The monoisotopic (exact) mass is 335 g/mol. The number of pyridine rings is 1. The summed E-state index contributed by atoms with van der Waals surface area (Å²) < 4.78 is 5.22. The van der Waals surface area contributed by atoms with Gasteiger partial charge in [0.15, 0.2) is 0 Å². The quantitative estimate of drug-likeness (QED) is 0.796. The molecule has 5 nitrogen and oxygen atoms in total. The van der Waals surface area contributed by atoms with Crippen LogP contribution in [0, 0.1) is 0 Å². The summed E-state index contributed by atoms with van der Waals surface area (Å²) in [6.45, 7) is 1.50. The average Bonchev–Trinajstić information content (AvgIpc) is 3.11. The molecule has 1 aliphatic heterocycles. The summed E-state index contributed by atoms with van der Waals surface area (Å²) >= 11 is 0. The van der Waals surface area contributed by atoms with E-state index < -0.39 is 0 Å². The van der Waals surface area contributed by atoms with Gasteiger partial charge in [0, 0.05) is 36.4 Å². The number of amides is 1. The van der Waals surface area contributed by atoms with E-state index in [9.17, 15) is 4.79 Å². The van der Waals surface area contributed by atoms with E-state index in [1.54, 1.807) is 25.4 Å². The summed E-state index contributed by atoms with van der Waals surface area (Å²) in [7, 11) is 1.54. The van der Waals surface area contributed by atoms with Crippen molar-refractivity contribution in [3.63, 3.8) is 0 Å². The topological polar surface area (TPSA) is 58.2 Å². The average molecular weight is 335 g/mol. The second-order valence-corrected chi connectivity index (χ2v) is 6.42. The Morgan fingerprint density at radius 3 is 2.80 bits per heavy atom. The highest BCUT2D eigenvalue weighted by Gasteiger charge is 2.27. The van der Waals surface area contributed by atoms with Gasteiger partial charge in [-0.25, -0.2) is 4.98 Å². The van der Waals surface area contributed by atoms with Crippen LogP contribution in [-0.2, 0) is 0 Å². The van der Waals surface area contributed by atoms with Crippen LogP contribution in [0.4, 0.5) is 0 Å². The summed E-state index contributed by atoms with van der Waals surface area (Å²) in [5, 5.41) is 1.29. The third-order valence-corrected chi connectivity index (χ3v) is 5.04. The number of hydrogen-bond acceptors (Lipinski definition) is 3. The van der Waals surface area contributed by atoms with E-state index in [-0.39, 0.29) is 5.91 Å². The van der Waals surface area contributed by atoms with Crippen molar-refractivity contribution in [3.05, 3.63) is 59.9 Å². The number of fused-ring (bicyclic) bond motifs is 1. The van der Waals surface area contributed by atoms with Crippen molar-refractivity contribution in [2.75, 3.05) is 20.2 Å². The van der Waals surface area contributed by atoms with Crippen LogP contribution >= 0.6 is 0 Å². The first-order valence-electron chi connectivity index (χ1n) is 8.62. The van der Waals surface area contributed by atoms with Crippen LogP contribution in [0.5, 0.6) is 5.88 Å². The van der Waals surface area contributed by atoms with Crippen molar-refractivity contribution < 1.29 is 9.53 Å². The smallest absolute Gasteiger partial charge is 0.259 e. The maximum atomic E-state index is 12.8. The molecular weight excluding hydrogens is 314 g/mol. The third kappa shape index (κ3) is 2.86. The van der Waals surface area contributed by atoms with Gasteiger partial charge in [-0.15, -0.1) is 0 Å². The van der Waals surface area contributed by atoms with Gasteiger partial charge in [-0.3, -0.25) is 4.79 Å². The number of hydrogen-bond donors (Lipinski definition) is 1. The Labute approximate surface area is 146 Å². The Morgan fingerprint density at radius 2 is 2.00 bits per heavy atom. The highest BCUT2D eigenvalue weighted by Crippen LogP contribution is 2.33. The van der Waals surface area contributed by atoms with Crippen molar-refractivity contribution in [2.45, 2.75) is 18.8 Å². The molecule has 1 saturated heterocycles. The zero-order valence-electron chi connectivity index (χ0n) is 14.2. The van der Waals surface area contributed by atoms with Crippen LogP contribution in [0.25, 0.3) is 10.9 Å². The molecule has 0 spiro atoms. The first kappa shape index (κ1) is 15.7. The molecule has 3 heterocycles. The lowest BCUT2D eigenvalue weighted by molar-refractivity contribution is 0.0709. The fraction of sp³-hybridized carbons (Fsp3) is 0.300. The van der Waals surface area contributed by atoms with Crippen LogP contribution < -0.4 is 4.74 Å². The Hall–Kier alpha value is -2.82. The van der Waals surface area contributed by atoms with Crippen LogP contribution in [-0.4, -0.2) is 41.0 Å². The number of nitrogens with one attached hydrogen (secondary N) is 1. The van der Waals surface area contributed by atoms with Gasteiger partial charge in [0.2, 0.25) is 5.88 Å². The number of para-hydroxylation sites is 1. The number of H-pyrrole nitrogens is 1. The maximum absolute atomic E-state index is 12.8. The third-order valence-electron chi connectivity index (χ3n) is 5.04. The van der Waals surface area contributed by atoms with Crippen LogP contribution in [0.15, 0.2) is 48.8 Å². The molecule has 3 aromatic rings. The van der Waals surface area contributed by atoms with Gasteiger partial charge >= 0.3 is 0 Å². The number of likely N-dealkylation sites (tertiary alicyclic amines) is 1. The molecule has 0 saturated carbocycles. The van der Waals surface area contributed by atoms with Gasteiger partial charge in [-0.2, -0.15) is 0 Å². The predicted molar refractivity (Wildman–Crippen MR) is 97.0 cm³/mol. The van der Waals surface area contributed by atoms with Crippen molar-refractivity contribution in [3.8, 4) is 5.88 Å². The second kappa shape index (κ2) is 6.59. The molecule has 25 heavy (non-hydrogen) atoms. The molecule has 1 amide bonds. The number of aromatic amines is 1. The minimum Gasteiger partial charge on any atom is -0.480 e. The molecule has 0 atom stereocenters. The van der Waals surface area contributed by atoms with Gasteiger partial charge in [-0.1, -0.05) is 18.2 Å². The van der Waals surface area contributed by atoms with E-state index in [0.29, 0.717) is 17.4 Å². The van der Waals surface area contributed by atoms with Gasteiger partial charge in [0.05, 0.1) is 7.11 Å². The molecule has 1 fully saturated rings. The molecule has 1 N–H and O–H groups in total. The molecule has 5 heteroatoms. The molecular formula is C20H21N3O2. The number of carbonyl (C=O) groups is 1. The highest BCUT2D eigenvalue weighted by atomic mass is 16.5. The van der Waals surface area contributed by atoms with E-state index in [1.165, 1.54) is 16.5 Å². The predicted octanol–water partition coefficient (Wildman–Crippen LogP) is 3.59. The lowest BCUT2D eigenvalue weighted by Gasteiger charge is -2.32. The molecule has 4 rings (SSSR count). The van der Waals surface area contributed by atoms with Crippen molar-refractivity contribution in [2.24, 2.45) is 0 Å². The van der Waals surface area contributed by atoms with Gasteiger partial charge < -0.3 is 14.6 Å². The van der Waals surface area contributed by atoms with E-state index in [0.717, 1.165) is 25.9 Å². The fourth-order valence-electron chi connectivity index (χ4n) is 3.71. The Balaban J connectivity index is 1.49. The molecule has 0 bridgehead atoms. The second-order valence-electron chi connectivity index (χ2n) is 6.42. The molecule has 128 valence electrons. The Kier molecular flexibility index (Phi) is 4.14. The Morgan fingerprint density at radius 1 is 1.20 bits per heavy atom. The number of benzene rings is 1. The van der Waals surface area contributed by atoms with Gasteiger partial charge in [0.1, 0.15) is 5.56 Å². The molecule has 1 aromatic carbocycles. The van der Waals surface area contributed by atoms with E-state index in [2.05, 4.69) is 34.4 Å². The number of rotatable bonds is 3. The van der Waals surface area contributed by atoms with Crippen molar-refractivity contribution >= 4 is 16.8 Å². The molecule has 0 unspecified atom stereocenters. The van der Waals surface area contributed by atoms with Crippen LogP contribution in [0.2, 0.25) is 0 Å². The van der Waals surface area contributed by atoms with E-state index in [1.807, 2.05) is 11.0 Å². The van der Waals surface area contributed by atoms with Crippen LogP contribution in [0.1, 0.15) is 34.7 Å². The number of piperidine rings is 1. The lowest BCUT2D eigenvalue weighted by Crippen LogP contribution is -2.38. The molecule has 1 aliphatic rings. The number of carbonyl (C=O) groups excluding carboxylic acids is 1. The van der Waals surface area contributed by atoms with Gasteiger partial charge in [0.25, 0.3) is 5.91 Å². The number of nitrogens with zero attached hydrogens (tertiary/aromatic N) is 2. The van der Waals surface area contributed by atoms with Crippen LogP contribution in [0.3, 0.4) is 0 Å². The molecule has 0 radical (unpaired) electrons. The number of ether oxygens (including phenoxy) is 1. The largest absolute Gasteiger partial charge is 0.480 e. The summed E-state index contributed by atoms with van der Waals surface area (Å²) in [6.07, 6.45) is 5.70. The fourth-order valence-corrected chi connectivity index (χ4v) is 3.71. The highest BCUT2D eigenvalue weighted by molar-refractivity contribution is 5.96. The van der Waals surface area contributed by atoms with E-state index >= 15 is 0 Å². The molecule has 0 aliphatic carbocycles. The van der Waals surface area contributed by atoms with E-state index in [4.69, 9.17) is 4.74 Å². The first-order valence-corrected chi connectivity index (χ1v) is 8.62. The maximum Gasteiger partial charge on any atom is 0.259 e. The Bertz CT molecular complexity index is 895. The van der Waals surface area contributed by atoms with Crippen molar-refractivity contribution in [1.29, 1.82) is 0 Å². The first-order chi connectivity index (χ1) is 12.3. The number of methoxy groups -OCH3 is 1. The minimum atomic E-state index is 0.00215. The SMILES string of the molecule is COc1ncccc1C(=O)N1CCC(c2c[nH]c3ccccc23)CC1. The minimum absolute atomic E-state index is 0.00215. The summed E-state index contributed by atoms with van der Waals surface area (Å²) in [6, 6.07) is 11.9. The van der Waals surface area contributed by atoms with Crippen molar-refractivity contribution in [1.82, 2.24) is 14.9 Å². The standard InChI is InChI=1S/C20H21N3O2/c1-25-19-16(6-4-10-21-19)20(24)23-11-8-14(9-12-23)17-13-22-18-7-3-2-5-15(17)18/h2-7,10,13-14,22H,8-9,11-12H2,1H3. The normalized spacial score (nSPS) is 15.5. The molecule has 2 aromatic heterocycles. The summed E-state index contributed by atoms with van der Waals surface area (Å²) in [5.41, 5.74) is 3.08.